The van der Waals surface area contributed by atoms with Gasteiger partial charge in [-0.1, -0.05) is 27.7 Å². The number of benzene rings is 1. The highest BCUT2D eigenvalue weighted by Gasteiger charge is 2.16. The number of nitrogens with zero attached hydrogens (tertiary/aromatic N) is 3. The number of hydrogen-bond acceptors (Lipinski definition) is 3. The van der Waals surface area contributed by atoms with Crippen LogP contribution in [0.15, 0.2) is 30.5 Å². The van der Waals surface area contributed by atoms with Crippen LogP contribution in [0.4, 0.5) is 0 Å². The highest BCUT2D eigenvalue weighted by Crippen LogP contribution is 2.30. The van der Waals surface area contributed by atoms with Crippen LogP contribution in [-0.4, -0.2) is 14.5 Å². The topological polar surface area (TPSA) is 39.9 Å². The monoisotopic (exact) mass is 469 g/mol. The van der Waals surface area contributed by atoms with Crippen molar-refractivity contribution < 1.29 is 3.07 Å². The molecular formula is C19H21ClIN3O. The Hall–Kier alpha value is -1.34. The van der Waals surface area contributed by atoms with E-state index in [2.05, 4.69) is 38.7 Å². The summed E-state index contributed by atoms with van der Waals surface area (Å²) < 4.78 is 7.19. The molecule has 25 heavy (non-hydrogen) atoms. The Balaban J connectivity index is 2.16. The quantitative estimate of drug-likeness (QED) is 0.422. The van der Waals surface area contributed by atoms with Crippen molar-refractivity contribution in [3.05, 3.63) is 47.0 Å². The Bertz CT molecular complexity index is 905. The molecule has 0 bridgehead atoms. The molecular weight excluding hydrogens is 449 g/mol. The molecule has 4 nitrogen and oxygen atoms in total. The van der Waals surface area contributed by atoms with Gasteiger partial charge in [0.15, 0.2) is 23.0 Å². The summed E-state index contributed by atoms with van der Waals surface area (Å²) >= 11 is 8.30. The standard InChI is InChI=1S/C19H21ClIN3O/c1-11(2)7-13-8-14(10-22-18(13)12(3)4)24-17-6-5-15(25-21)9-16(17)23-19(24)20/h5-6,8-12H,7H2,1-4H3. The van der Waals surface area contributed by atoms with Crippen molar-refractivity contribution >= 4 is 45.6 Å². The van der Waals surface area contributed by atoms with E-state index in [1.807, 2.05) is 52.0 Å². The molecule has 0 aliphatic heterocycles. The lowest BCUT2D eigenvalue weighted by Crippen LogP contribution is -2.06. The van der Waals surface area contributed by atoms with Crippen LogP contribution in [0.2, 0.25) is 5.28 Å². The molecule has 0 amide bonds. The molecule has 6 heteroatoms. The zero-order chi connectivity index (χ0) is 18.1. The van der Waals surface area contributed by atoms with Gasteiger partial charge in [0.1, 0.15) is 5.75 Å². The van der Waals surface area contributed by atoms with Gasteiger partial charge < -0.3 is 3.07 Å². The third-order valence-corrected chi connectivity index (χ3v) is 4.86. The summed E-state index contributed by atoms with van der Waals surface area (Å²) in [5.41, 5.74) is 5.11. The van der Waals surface area contributed by atoms with Crippen LogP contribution in [0.1, 0.15) is 44.9 Å². The average molecular weight is 470 g/mol. The molecule has 0 fully saturated rings. The molecule has 0 saturated carbocycles. The first-order valence-corrected chi connectivity index (χ1v) is 9.62. The van der Waals surface area contributed by atoms with Crippen LogP contribution >= 0.6 is 34.6 Å². The Morgan fingerprint density at radius 1 is 1.20 bits per heavy atom. The highest BCUT2D eigenvalue weighted by atomic mass is 127. The summed E-state index contributed by atoms with van der Waals surface area (Å²) in [6, 6.07) is 7.96. The van der Waals surface area contributed by atoms with E-state index in [1.54, 1.807) is 0 Å². The van der Waals surface area contributed by atoms with Crippen molar-refractivity contribution in [1.82, 2.24) is 14.5 Å². The lowest BCUT2D eigenvalue weighted by atomic mass is 9.96. The molecule has 132 valence electrons. The van der Waals surface area contributed by atoms with Crippen LogP contribution in [0.25, 0.3) is 16.7 Å². The molecule has 0 atom stereocenters. The molecule has 0 radical (unpaired) electrons. The van der Waals surface area contributed by atoms with Crippen molar-refractivity contribution in [1.29, 1.82) is 0 Å². The maximum absolute atomic E-state index is 6.44. The van der Waals surface area contributed by atoms with E-state index in [9.17, 15) is 0 Å². The zero-order valence-electron chi connectivity index (χ0n) is 14.8. The fourth-order valence-electron chi connectivity index (χ4n) is 3.08. The number of imidazole rings is 1. The molecule has 3 rings (SSSR count). The lowest BCUT2D eigenvalue weighted by Gasteiger charge is -2.16. The minimum atomic E-state index is 0.390. The number of aromatic nitrogens is 3. The second kappa shape index (κ2) is 7.50. The van der Waals surface area contributed by atoms with Gasteiger partial charge in [-0.25, -0.2) is 4.98 Å². The van der Waals surface area contributed by atoms with Crippen molar-refractivity contribution in [2.24, 2.45) is 5.92 Å². The van der Waals surface area contributed by atoms with Crippen LogP contribution < -0.4 is 3.07 Å². The van der Waals surface area contributed by atoms with E-state index >= 15 is 0 Å². The van der Waals surface area contributed by atoms with Gasteiger partial charge in [0.05, 0.1) is 22.9 Å². The van der Waals surface area contributed by atoms with E-state index in [4.69, 9.17) is 19.7 Å². The van der Waals surface area contributed by atoms with Crippen LogP contribution in [0, 0.1) is 5.92 Å². The molecule has 1 aromatic carbocycles. The summed E-state index contributed by atoms with van der Waals surface area (Å²) in [4.78, 5) is 9.20. The van der Waals surface area contributed by atoms with Crippen LogP contribution in [0.5, 0.6) is 5.75 Å². The third kappa shape index (κ3) is 3.77. The fraction of sp³-hybridized carbons (Fsp3) is 0.368. The van der Waals surface area contributed by atoms with E-state index in [0.29, 0.717) is 17.1 Å². The molecule has 2 heterocycles. The van der Waals surface area contributed by atoms with Crippen LogP contribution in [-0.2, 0) is 6.42 Å². The first-order valence-electron chi connectivity index (χ1n) is 8.36. The molecule has 2 aromatic heterocycles. The number of fused-ring (bicyclic) bond motifs is 1. The van der Waals surface area contributed by atoms with Crippen molar-refractivity contribution in [2.75, 3.05) is 0 Å². The third-order valence-electron chi connectivity index (χ3n) is 4.09. The summed E-state index contributed by atoms with van der Waals surface area (Å²) in [6.07, 6.45) is 2.88. The largest absolute Gasteiger partial charge is 0.428 e. The number of pyridine rings is 1. The second-order valence-corrected chi connectivity index (χ2v) is 7.71. The Kier molecular flexibility index (Phi) is 5.53. The molecule has 0 N–H and O–H groups in total. The average Bonchev–Trinajstić information content (AvgIpc) is 2.88. The maximum Gasteiger partial charge on any atom is 0.208 e. The number of rotatable bonds is 5. The molecule has 0 aliphatic rings. The Labute approximate surface area is 167 Å². The Morgan fingerprint density at radius 2 is 1.96 bits per heavy atom. The predicted octanol–water partition coefficient (Wildman–Crippen LogP) is 6.12. The summed E-state index contributed by atoms with van der Waals surface area (Å²) in [5.74, 6) is 1.71. The normalized spacial score (nSPS) is 11.7. The van der Waals surface area contributed by atoms with Gasteiger partial charge in [-0.15, -0.1) is 0 Å². The van der Waals surface area contributed by atoms with E-state index in [1.165, 1.54) is 5.56 Å². The van der Waals surface area contributed by atoms with Gasteiger partial charge in [0.2, 0.25) is 5.28 Å². The second-order valence-electron chi connectivity index (χ2n) is 6.93. The molecule has 0 unspecified atom stereocenters. The van der Waals surface area contributed by atoms with Crippen molar-refractivity contribution in [3.63, 3.8) is 0 Å². The van der Waals surface area contributed by atoms with Gasteiger partial charge in [-0.05, 0) is 53.6 Å². The van der Waals surface area contributed by atoms with Crippen molar-refractivity contribution in [2.45, 2.75) is 40.0 Å². The van der Waals surface area contributed by atoms with E-state index < -0.39 is 0 Å². The minimum Gasteiger partial charge on any atom is -0.428 e. The van der Waals surface area contributed by atoms with Crippen molar-refractivity contribution in [3.8, 4) is 11.4 Å². The molecule has 0 spiro atoms. The minimum absolute atomic E-state index is 0.390. The van der Waals surface area contributed by atoms with Gasteiger partial charge in [-0.2, -0.15) is 0 Å². The first-order chi connectivity index (χ1) is 11.9. The predicted molar refractivity (Wildman–Crippen MR) is 111 cm³/mol. The summed E-state index contributed by atoms with van der Waals surface area (Å²) in [5, 5.41) is 0.426. The van der Waals surface area contributed by atoms with Crippen LogP contribution in [0.3, 0.4) is 0 Å². The lowest BCUT2D eigenvalue weighted by molar-refractivity contribution is 0.632. The maximum atomic E-state index is 6.44. The number of halogens is 2. The SMILES string of the molecule is CC(C)Cc1cc(-n2c(Cl)nc3cc(OI)ccc32)cnc1C(C)C. The summed E-state index contributed by atoms with van der Waals surface area (Å²) in [6.45, 7) is 8.80. The zero-order valence-corrected chi connectivity index (χ0v) is 17.7. The van der Waals surface area contributed by atoms with E-state index in [0.717, 1.165) is 34.6 Å². The van der Waals surface area contributed by atoms with Gasteiger partial charge in [0.25, 0.3) is 0 Å². The summed E-state index contributed by atoms with van der Waals surface area (Å²) in [7, 11) is 0. The highest BCUT2D eigenvalue weighted by molar-refractivity contribution is 14.1. The van der Waals surface area contributed by atoms with Gasteiger partial charge in [0, 0.05) is 11.8 Å². The first kappa shape index (κ1) is 18.5. The van der Waals surface area contributed by atoms with E-state index in [-0.39, 0.29) is 0 Å². The fourth-order valence-corrected chi connectivity index (χ4v) is 3.63. The Morgan fingerprint density at radius 3 is 2.60 bits per heavy atom. The number of hydrogen-bond donors (Lipinski definition) is 0. The molecule has 3 aromatic rings. The smallest absolute Gasteiger partial charge is 0.208 e. The van der Waals surface area contributed by atoms with Gasteiger partial charge >= 0.3 is 0 Å². The molecule has 0 aliphatic carbocycles. The molecule has 0 saturated heterocycles. The van der Waals surface area contributed by atoms with Gasteiger partial charge in [-0.3, -0.25) is 9.55 Å².